The van der Waals surface area contributed by atoms with E-state index in [1.54, 1.807) is 11.8 Å². The topological polar surface area (TPSA) is 96.8 Å². The lowest BCUT2D eigenvalue weighted by atomic mass is 9.85. The van der Waals surface area contributed by atoms with Crippen LogP contribution in [-0.2, 0) is 19.1 Å². The first-order valence-corrected chi connectivity index (χ1v) is 8.24. The maximum Gasteiger partial charge on any atom is 0.410 e. The number of ketones is 1. The zero-order valence-corrected chi connectivity index (χ0v) is 15.2. The molecule has 0 saturated carbocycles. The molecular weight excluding hydrogens is 312 g/mol. The Kier molecular flexibility index (Phi) is 6.93. The first-order valence-electron chi connectivity index (χ1n) is 8.24. The summed E-state index contributed by atoms with van der Waals surface area (Å²) >= 11 is 0. The van der Waals surface area contributed by atoms with E-state index in [1.807, 2.05) is 20.8 Å². The van der Waals surface area contributed by atoms with Gasteiger partial charge in [0.2, 0.25) is 0 Å². The summed E-state index contributed by atoms with van der Waals surface area (Å²) in [5, 5.41) is 7.53. The number of nitrogens with zero attached hydrogens (tertiary/aromatic N) is 1. The van der Waals surface area contributed by atoms with Gasteiger partial charge in [-0.25, -0.2) is 9.59 Å². The Morgan fingerprint density at radius 3 is 2.21 bits per heavy atom. The van der Waals surface area contributed by atoms with E-state index >= 15 is 0 Å². The smallest absolute Gasteiger partial charge is 0.410 e. The Morgan fingerprint density at radius 1 is 1.21 bits per heavy atom. The lowest BCUT2D eigenvalue weighted by Gasteiger charge is -2.34. The zero-order chi connectivity index (χ0) is 18.5. The summed E-state index contributed by atoms with van der Waals surface area (Å²) in [6, 6.07) is 0. The van der Waals surface area contributed by atoms with Crippen molar-refractivity contribution in [2.45, 2.75) is 52.6 Å². The number of hydrogen-bond donors (Lipinski definition) is 1. The van der Waals surface area contributed by atoms with Crippen LogP contribution in [0.1, 0.15) is 47.0 Å². The molecule has 136 valence electrons. The SMILES string of the molecule is COC(=O)C(=N)C(=O)C(C)CC1CCN(C(=O)OC(C)(C)C)CC1. The van der Waals surface area contributed by atoms with Crippen molar-refractivity contribution in [1.82, 2.24) is 4.90 Å². The second kappa shape index (κ2) is 8.26. The van der Waals surface area contributed by atoms with E-state index in [9.17, 15) is 14.4 Å². The maximum absolute atomic E-state index is 12.0. The quantitative estimate of drug-likeness (QED) is 0.471. The predicted octanol–water partition coefficient (Wildman–Crippen LogP) is 2.42. The molecule has 1 aliphatic rings. The molecule has 0 aliphatic carbocycles. The van der Waals surface area contributed by atoms with Gasteiger partial charge in [-0.2, -0.15) is 0 Å². The van der Waals surface area contributed by atoms with E-state index in [-0.39, 0.29) is 12.0 Å². The molecule has 1 rings (SSSR count). The van der Waals surface area contributed by atoms with Crippen molar-refractivity contribution in [3.8, 4) is 0 Å². The van der Waals surface area contributed by atoms with Crippen molar-refractivity contribution in [1.29, 1.82) is 5.41 Å². The second-order valence-electron chi connectivity index (χ2n) is 7.28. The molecule has 1 unspecified atom stereocenters. The fourth-order valence-corrected chi connectivity index (χ4v) is 2.73. The number of rotatable bonds is 5. The van der Waals surface area contributed by atoms with E-state index < -0.39 is 29.0 Å². The highest BCUT2D eigenvalue weighted by Crippen LogP contribution is 2.26. The van der Waals surface area contributed by atoms with Crippen molar-refractivity contribution in [3.05, 3.63) is 0 Å². The molecule has 0 aromatic rings. The lowest BCUT2D eigenvalue weighted by Crippen LogP contribution is -2.42. The van der Waals surface area contributed by atoms with Gasteiger partial charge >= 0.3 is 12.1 Å². The van der Waals surface area contributed by atoms with Crippen molar-refractivity contribution < 1.29 is 23.9 Å². The van der Waals surface area contributed by atoms with Crippen LogP contribution in [0.3, 0.4) is 0 Å². The minimum absolute atomic E-state index is 0.285. The number of ether oxygens (including phenoxy) is 2. The fraction of sp³-hybridized carbons (Fsp3) is 0.765. The molecule has 0 spiro atoms. The number of methoxy groups -OCH3 is 1. The Balaban J connectivity index is 2.46. The summed E-state index contributed by atoms with van der Waals surface area (Å²) in [5.41, 5.74) is -1.11. The number of piperidine rings is 1. The van der Waals surface area contributed by atoms with E-state index in [1.165, 1.54) is 0 Å². The molecule has 0 aromatic carbocycles. The molecule has 1 heterocycles. The van der Waals surface area contributed by atoms with Gasteiger partial charge in [0.15, 0.2) is 11.5 Å². The molecule has 1 amide bonds. The van der Waals surface area contributed by atoms with Crippen LogP contribution in [-0.4, -0.2) is 54.3 Å². The van der Waals surface area contributed by atoms with Crippen LogP contribution >= 0.6 is 0 Å². The van der Waals surface area contributed by atoms with E-state index in [4.69, 9.17) is 10.1 Å². The molecular formula is C17H28N2O5. The molecule has 0 aromatic heterocycles. The van der Waals surface area contributed by atoms with E-state index in [0.29, 0.717) is 19.5 Å². The van der Waals surface area contributed by atoms with E-state index in [2.05, 4.69) is 4.74 Å². The number of esters is 1. The van der Waals surface area contributed by atoms with Crippen LogP contribution < -0.4 is 0 Å². The maximum atomic E-state index is 12.0. The number of nitrogens with one attached hydrogen (secondary N) is 1. The second-order valence-corrected chi connectivity index (χ2v) is 7.28. The van der Waals surface area contributed by atoms with Crippen LogP contribution in [0.15, 0.2) is 0 Å². The number of hydrogen-bond acceptors (Lipinski definition) is 6. The highest BCUT2D eigenvalue weighted by atomic mass is 16.6. The molecule has 24 heavy (non-hydrogen) atoms. The normalized spacial score (nSPS) is 17.1. The predicted molar refractivity (Wildman–Crippen MR) is 89.1 cm³/mol. The van der Waals surface area contributed by atoms with Crippen molar-refractivity contribution in [2.75, 3.05) is 20.2 Å². The van der Waals surface area contributed by atoms with Crippen LogP contribution in [0.5, 0.6) is 0 Å². The van der Waals surface area contributed by atoms with Crippen molar-refractivity contribution in [3.63, 3.8) is 0 Å². The number of likely N-dealkylation sites (tertiary alicyclic amines) is 1. The minimum Gasteiger partial charge on any atom is -0.464 e. The highest BCUT2D eigenvalue weighted by Gasteiger charge is 2.30. The summed E-state index contributed by atoms with van der Waals surface area (Å²) in [5.74, 6) is -1.51. The molecule has 7 heteroatoms. The largest absolute Gasteiger partial charge is 0.464 e. The number of amides is 1. The van der Waals surface area contributed by atoms with Crippen molar-refractivity contribution in [2.24, 2.45) is 11.8 Å². The summed E-state index contributed by atoms with van der Waals surface area (Å²) in [6.45, 7) is 8.41. The summed E-state index contributed by atoms with van der Waals surface area (Å²) in [7, 11) is 1.15. The fourth-order valence-electron chi connectivity index (χ4n) is 2.73. The van der Waals surface area contributed by atoms with E-state index in [0.717, 1.165) is 20.0 Å². The van der Waals surface area contributed by atoms with Crippen molar-refractivity contribution >= 4 is 23.6 Å². The van der Waals surface area contributed by atoms with Gasteiger partial charge in [-0.05, 0) is 46.0 Å². The molecule has 1 fully saturated rings. The summed E-state index contributed by atoms with van der Waals surface area (Å²) < 4.78 is 9.77. The van der Waals surface area contributed by atoms with Crippen LogP contribution in [0, 0.1) is 17.2 Å². The third-order valence-electron chi connectivity index (χ3n) is 4.04. The average Bonchev–Trinajstić information content (AvgIpc) is 2.51. The van der Waals surface area contributed by atoms with Gasteiger partial charge in [-0.3, -0.25) is 10.2 Å². The minimum atomic E-state index is -0.897. The standard InChI is InChI=1S/C17H28N2O5/c1-11(14(20)13(18)15(21)23-5)10-12-6-8-19(9-7-12)16(22)24-17(2,3)4/h11-12,18H,6-10H2,1-5H3. The molecule has 1 saturated heterocycles. The van der Waals surface area contributed by atoms with Crippen LogP contribution in [0.4, 0.5) is 4.79 Å². The zero-order valence-electron chi connectivity index (χ0n) is 15.2. The number of carbonyl (C=O) groups is 3. The Bertz CT molecular complexity index is 502. The van der Waals surface area contributed by atoms with Gasteiger partial charge in [-0.15, -0.1) is 0 Å². The van der Waals surface area contributed by atoms with Crippen LogP contribution in [0.2, 0.25) is 0 Å². The lowest BCUT2D eigenvalue weighted by molar-refractivity contribution is -0.134. The Morgan fingerprint density at radius 2 is 1.75 bits per heavy atom. The molecule has 0 radical (unpaired) electrons. The van der Waals surface area contributed by atoms with Gasteiger partial charge in [-0.1, -0.05) is 6.92 Å². The number of carbonyl (C=O) groups excluding carboxylic acids is 3. The van der Waals surface area contributed by atoms with Gasteiger partial charge in [0.05, 0.1) is 7.11 Å². The molecule has 1 aliphatic heterocycles. The summed E-state index contributed by atoms with van der Waals surface area (Å²) in [4.78, 5) is 37.0. The Hall–Kier alpha value is -1.92. The van der Waals surface area contributed by atoms with Crippen LogP contribution in [0.25, 0.3) is 0 Å². The molecule has 1 atom stereocenters. The summed E-state index contributed by atoms with van der Waals surface area (Å²) in [6.07, 6.45) is 1.85. The highest BCUT2D eigenvalue weighted by molar-refractivity contribution is 6.63. The van der Waals surface area contributed by atoms with Gasteiger partial charge in [0, 0.05) is 19.0 Å². The van der Waals surface area contributed by atoms with Gasteiger partial charge < -0.3 is 14.4 Å². The third-order valence-corrected chi connectivity index (χ3v) is 4.04. The molecule has 1 N–H and O–H groups in total. The molecule has 0 bridgehead atoms. The van der Waals surface area contributed by atoms with Gasteiger partial charge in [0.1, 0.15) is 5.60 Å². The third kappa shape index (κ3) is 5.94. The number of Topliss-reactive ketones (excluding diaryl/α,β-unsaturated/α-hetero) is 1. The van der Waals surface area contributed by atoms with Gasteiger partial charge in [0.25, 0.3) is 0 Å². The monoisotopic (exact) mass is 340 g/mol. The first-order chi connectivity index (χ1) is 11.0. The average molecular weight is 340 g/mol. The first kappa shape index (κ1) is 20.1. The molecule has 7 nitrogen and oxygen atoms in total. The Labute approximate surface area is 143 Å².